The molecule has 0 aliphatic carbocycles. The van der Waals surface area contributed by atoms with Gasteiger partial charge in [0.25, 0.3) is 0 Å². The molecule has 30 heavy (non-hydrogen) atoms. The fourth-order valence-electron chi connectivity index (χ4n) is 4.15. The summed E-state index contributed by atoms with van der Waals surface area (Å²) in [5.41, 5.74) is 0.0347. The minimum absolute atomic E-state index is 0. The Labute approximate surface area is 196 Å². The molecule has 1 aromatic rings. The van der Waals surface area contributed by atoms with Crippen molar-refractivity contribution in [2.75, 3.05) is 46.4 Å². The normalized spacial score (nSPS) is 18.6. The largest absolute Gasteiger partial charge is 0.379 e. The van der Waals surface area contributed by atoms with E-state index in [1.165, 1.54) is 0 Å². The molecule has 9 nitrogen and oxygen atoms in total. The summed E-state index contributed by atoms with van der Waals surface area (Å²) in [6.45, 7) is 11.2. The second kappa shape index (κ2) is 12.7. The van der Waals surface area contributed by atoms with E-state index < -0.39 is 0 Å². The van der Waals surface area contributed by atoms with Crippen LogP contribution in [0.3, 0.4) is 0 Å². The second-order valence-corrected chi connectivity index (χ2v) is 8.22. The summed E-state index contributed by atoms with van der Waals surface area (Å²) in [4.78, 5) is 19.2. The summed E-state index contributed by atoms with van der Waals surface area (Å²) < 4.78 is 8.93. The van der Waals surface area contributed by atoms with E-state index in [9.17, 15) is 4.79 Å². The van der Waals surface area contributed by atoms with Crippen molar-refractivity contribution in [3.8, 4) is 0 Å². The minimum Gasteiger partial charge on any atom is -0.379 e. The molecule has 0 saturated carbocycles. The quantitative estimate of drug-likeness (QED) is 0.223. The highest BCUT2D eigenvalue weighted by molar-refractivity contribution is 14.0. The van der Waals surface area contributed by atoms with E-state index in [1.54, 1.807) is 11.7 Å². The van der Waals surface area contributed by atoms with E-state index in [-0.39, 0.29) is 29.7 Å². The highest BCUT2D eigenvalue weighted by Crippen LogP contribution is 2.12. The highest BCUT2D eigenvalue weighted by atomic mass is 127. The van der Waals surface area contributed by atoms with Crippen LogP contribution < -0.4 is 16.3 Å². The van der Waals surface area contributed by atoms with Crippen LogP contribution in [-0.4, -0.2) is 77.7 Å². The Morgan fingerprint density at radius 2 is 1.97 bits per heavy atom. The molecule has 1 unspecified atom stereocenters. The van der Waals surface area contributed by atoms with Crippen molar-refractivity contribution in [3.05, 3.63) is 16.3 Å². The van der Waals surface area contributed by atoms with Crippen LogP contribution >= 0.6 is 24.0 Å². The van der Waals surface area contributed by atoms with Crippen LogP contribution in [0.25, 0.3) is 0 Å². The molecular weight excluding hydrogens is 497 g/mol. The summed E-state index contributed by atoms with van der Waals surface area (Å²) in [6, 6.07) is 0.452. The second-order valence-electron chi connectivity index (χ2n) is 8.22. The summed E-state index contributed by atoms with van der Waals surface area (Å²) in [5, 5.41) is 11.3. The average Bonchev–Trinajstić information content (AvgIpc) is 3.06. The lowest BCUT2D eigenvalue weighted by Crippen LogP contribution is -2.52. The predicted octanol–water partition coefficient (Wildman–Crippen LogP) is 0.911. The molecule has 1 saturated heterocycles. The zero-order chi connectivity index (χ0) is 20.6. The standard InChI is InChI=1S/C20H37N7O2.HI/c1-16(2)17(25-11-13-29-14-12-25)15-23-19(21-3)22-8-6-10-27-20(28)26-9-5-4-7-18(26)24-27;/h16-17H,4-15H2,1-3H3,(H2,21,22,23);1H. The maximum atomic E-state index is 12.4. The zero-order valence-electron chi connectivity index (χ0n) is 18.6. The topological polar surface area (TPSA) is 88.7 Å². The number of fused-ring (bicyclic) bond motifs is 1. The summed E-state index contributed by atoms with van der Waals surface area (Å²) in [5.74, 6) is 2.30. The number of ether oxygens (including phenoxy) is 1. The van der Waals surface area contributed by atoms with Crippen LogP contribution in [0, 0.1) is 5.92 Å². The average molecular weight is 535 g/mol. The van der Waals surface area contributed by atoms with Gasteiger partial charge < -0.3 is 15.4 Å². The number of hydrogen-bond acceptors (Lipinski definition) is 5. The van der Waals surface area contributed by atoms with Gasteiger partial charge in [0.05, 0.1) is 13.2 Å². The van der Waals surface area contributed by atoms with Crippen LogP contribution in [0.5, 0.6) is 0 Å². The molecule has 1 aromatic heterocycles. The van der Waals surface area contributed by atoms with Crippen molar-refractivity contribution in [2.24, 2.45) is 10.9 Å². The smallest absolute Gasteiger partial charge is 0.345 e. The van der Waals surface area contributed by atoms with Crippen molar-refractivity contribution < 1.29 is 4.74 Å². The van der Waals surface area contributed by atoms with Gasteiger partial charge in [-0.25, -0.2) is 9.48 Å². The Morgan fingerprint density at radius 3 is 2.63 bits per heavy atom. The third-order valence-corrected chi connectivity index (χ3v) is 5.86. The van der Waals surface area contributed by atoms with E-state index in [0.717, 1.165) is 83.4 Å². The first-order valence-corrected chi connectivity index (χ1v) is 11.0. The first kappa shape index (κ1) is 25.1. The number of morpholine rings is 1. The van der Waals surface area contributed by atoms with Crippen molar-refractivity contribution >= 4 is 29.9 Å². The van der Waals surface area contributed by atoms with Crippen molar-refractivity contribution in [2.45, 2.75) is 58.7 Å². The number of guanidine groups is 1. The number of hydrogen-bond donors (Lipinski definition) is 2. The molecule has 0 spiro atoms. The van der Waals surface area contributed by atoms with Gasteiger partial charge in [-0.05, 0) is 25.2 Å². The van der Waals surface area contributed by atoms with Gasteiger partial charge in [-0.2, -0.15) is 5.10 Å². The molecule has 0 bridgehead atoms. The van der Waals surface area contributed by atoms with Crippen molar-refractivity contribution in [1.29, 1.82) is 0 Å². The first-order chi connectivity index (χ1) is 14.1. The number of halogens is 1. The molecule has 0 aromatic carbocycles. The van der Waals surface area contributed by atoms with Gasteiger partial charge in [0, 0.05) is 58.8 Å². The van der Waals surface area contributed by atoms with E-state index in [0.29, 0.717) is 18.5 Å². The lowest BCUT2D eigenvalue weighted by atomic mass is 10.0. The molecule has 10 heteroatoms. The Morgan fingerprint density at radius 1 is 1.20 bits per heavy atom. The summed E-state index contributed by atoms with van der Waals surface area (Å²) >= 11 is 0. The van der Waals surface area contributed by atoms with Gasteiger partial charge in [-0.3, -0.25) is 14.5 Å². The summed E-state index contributed by atoms with van der Waals surface area (Å²) in [7, 11) is 1.79. The van der Waals surface area contributed by atoms with E-state index in [1.807, 2.05) is 4.57 Å². The van der Waals surface area contributed by atoms with Gasteiger partial charge in [0.1, 0.15) is 5.82 Å². The monoisotopic (exact) mass is 535 g/mol. The van der Waals surface area contributed by atoms with E-state index in [4.69, 9.17) is 4.74 Å². The Bertz CT molecular complexity index is 725. The van der Waals surface area contributed by atoms with Crippen molar-refractivity contribution in [1.82, 2.24) is 29.9 Å². The first-order valence-electron chi connectivity index (χ1n) is 11.0. The molecule has 2 N–H and O–H groups in total. The maximum Gasteiger partial charge on any atom is 0.345 e. The van der Waals surface area contributed by atoms with Gasteiger partial charge >= 0.3 is 5.69 Å². The zero-order valence-corrected chi connectivity index (χ0v) is 20.9. The number of rotatable bonds is 8. The van der Waals surface area contributed by atoms with Crippen LogP contribution in [0.1, 0.15) is 38.9 Å². The minimum atomic E-state index is 0. The molecular formula is C20H38IN7O2. The lowest BCUT2D eigenvalue weighted by molar-refractivity contribution is 0.00752. The fourth-order valence-corrected chi connectivity index (χ4v) is 4.15. The third-order valence-electron chi connectivity index (χ3n) is 5.86. The maximum absolute atomic E-state index is 12.4. The Hall–Kier alpha value is -1.14. The van der Waals surface area contributed by atoms with Gasteiger partial charge in [-0.1, -0.05) is 13.8 Å². The predicted molar refractivity (Wildman–Crippen MR) is 130 cm³/mol. The number of aryl methyl sites for hydroxylation is 2. The fraction of sp³-hybridized carbons (Fsp3) is 0.850. The molecule has 172 valence electrons. The number of aromatic nitrogens is 3. The van der Waals surface area contributed by atoms with Crippen LogP contribution in [0.2, 0.25) is 0 Å². The molecule has 0 radical (unpaired) electrons. The van der Waals surface area contributed by atoms with Crippen LogP contribution in [0.15, 0.2) is 9.79 Å². The summed E-state index contributed by atoms with van der Waals surface area (Å²) in [6.07, 6.45) is 3.94. The molecule has 1 atom stereocenters. The van der Waals surface area contributed by atoms with Crippen LogP contribution in [0.4, 0.5) is 0 Å². The SMILES string of the molecule is CN=C(NCCCn1nc2n(c1=O)CCCC2)NCC(C(C)C)N1CCOCC1.I. The Kier molecular flexibility index (Phi) is 10.6. The Balaban J connectivity index is 0.00000320. The molecule has 2 aliphatic heterocycles. The molecule has 2 aliphatic rings. The molecule has 1 fully saturated rings. The van der Waals surface area contributed by atoms with Gasteiger partial charge in [-0.15, -0.1) is 24.0 Å². The number of nitrogens with one attached hydrogen (secondary N) is 2. The lowest BCUT2D eigenvalue weighted by Gasteiger charge is -2.37. The molecule has 3 heterocycles. The van der Waals surface area contributed by atoms with E-state index >= 15 is 0 Å². The van der Waals surface area contributed by atoms with Gasteiger partial charge in [0.2, 0.25) is 0 Å². The van der Waals surface area contributed by atoms with Crippen LogP contribution in [-0.2, 0) is 24.2 Å². The number of aliphatic imine (C=N–C) groups is 1. The van der Waals surface area contributed by atoms with Crippen molar-refractivity contribution in [3.63, 3.8) is 0 Å². The number of nitrogens with zero attached hydrogens (tertiary/aromatic N) is 5. The molecule has 3 rings (SSSR count). The third kappa shape index (κ3) is 6.68. The highest BCUT2D eigenvalue weighted by Gasteiger charge is 2.24. The van der Waals surface area contributed by atoms with Gasteiger partial charge in [0.15, 0.2) is 5.96 Å². The van der Waals surface area contributed by atoms with E-state index in [2.05, 4.69) is 39.5 Å². The molecule has 0 amide bonds.